The van der Waals surface area contributed by atoms with Crippen LogP contribution in [-0.2, 0) is 10.8 Å². The molecule has 4 heteroatoms. The SMILES string of the molecule is CC(C)(C)c1ccc(-c2ccc(S)c3nc(-c4ccc5c(c4)N(c4ccccn4)c4ccccc4C5(C)C)ccc23)cc1. The Kier molecular flexibility index (Phi) is 6.44. The van der Waals surface area contributed by atoms with E-state index in [4.69, 9.17) is 22.6 Å². The van der Waals surface area contributed by atoms with Crippen LogP contribution in [0.4, 0.5) is 17.2 Å². The number of para-hydroxylation sites is 1. The molecule has 3 nitrogen and oxygen atoms in total. The minimum Gasteiger partial charge on any atom is -0.294 e. The number of rotatable bonds is 3. The fraction of sp³-hybridized carbons (Fsp3) is 0.179. The van der Waals surface area contributed by atoms with Crippen molar-refractivity contribution in [2.45, 2.75) is 50.3 Å². The van der Waals surface area contributed by atoms with Gasteiger partial charge in [-0.05, 0) is 75.7 Å². The van der Waals surface area contributed by atoms with Gasteiger partial charge in [0.25, 0.3) is 0 Å². The van der Waals surface area contributed by atoms with Gasteiger partial charge in [0.15, 0.2) is 0 Å². The lowest BCUT2D eigenvalue weighted by Gasteiger charge is -2.41. The van der Waals surface area contributed by atoms with Gasteiger partial charge in [0.1, 0.15) is 5.82 Å². The molecule has 0 N–H and O–H groups in total. The second-order valence-corrected chi connectivity index (χ2v) is 13.4. The second kappa shape index (κ2) is 10.1. The number of thiol groups is 1. The van der Waals surface area contributed by atoms with Crippen LogP contribution in [0.5, 0.6) is 0 Å². The largest absolute Gasteiger partial charge is 0.294 e. The summed E-state index contributed by atoms with van der Waals surface area (Å²) in [7, 11) is 0. The van der Waals surface area contributed by atoms with Crippen LogP contribution in [0.25, 0.3) is 33.3 Å². The molecule has 6 aromatic rings. The Hall–Kier alpha value is -4.41. The summed E-state index contributed by atoms with van der Waals surface area (Å²) in [6.07, 6.45) is 1.86. The van der Waals surface area contributed by atoms with Crippen molar-refractivity contribution in [1.82, 2.24) is 9.97 Å². The quantitative estimate of drug-likeness (QED) is 0.212. The summed E-state index contributed by atoms with van der Waals surface area (Å²) < 4.78 is 0. The maximum absolute atomic E-state index is 5.20. The van der Waals surface area contributed by atoms with Gasteiger partial charge in [0.2, 0.25) is 0 Å². The van der Waals surface area contributed by atoms with Crippen molar-refractivity contribution >= 4 is 40.7 Å². The van der Waals surface area contributed by atoms with Crippen molar-refractivity contribution in [2.75, 3.05) is 4.90 Å². The molecule has 212 valence electrons. The normalized spacial score (nSPS) is 14.0. The van der Waals surface area contributed by atoms with Crippen LogP contribution in [0.2, 0.25) is 0 Å². The summed E-state index contributed by atoms with van der Waals surface area (Å²) >= 11 is 4.84. The van der Waals surface area contributed by atoms with Crippen LogP contribution in [0, 0.1) is 0 Å². The van der Waals surface area contributed by atoms with Crippen molar-refractivity contribution < 1.29 is 0 Å². The van der Waals surface area contributed by atoms with Crippen LogP contribution < -0.4 is 4.90 Å². The van der Waals surface area contributed by atoms with E-state index in [1.807, 2.05) is 18.3 Å². The van der Waals surface area contributed by atoms with Crippen LogP contribution in [0.15, 0.2) is 120 Å². The van der Waals surface area contributed by atoms with E-state index in [0.29, 0.717) is 0 Å². The van der Waals surface area contributed by atoms with Gasteiger partial charge in [-0.15, -0.1) is 12.6 Å². The predicted molar refractivity (Wildman–Crippen MR) is 183 cm³/mol. The van der Waals surface area contributed by atoms with Gasteiger partial charge in [0, 0.05) is 27.5 Å². The first kappa shape index (κ1) is 27.4. The second-order valence-electron chi connectivity index (χ2n) is 12.9. The highest BCUT2D eigenvalue weighted by atomic mass is 32.1. The van der Waals surface area contributed by atoms with Crippen LogP contribution >= 0.6 is 12.6 Å². The first-order valence-electron chi connectivity index (χ1n) is 14.8. The van der Waals surface area contributed by atoms with Gasteiger partial charge in [-0.25, -0.2) is 9.97 Å². The zero-order chi connectivity index (χ0) is 29.9. The molecule has 0 radical (unpaired) electrons. The highest BCUT2D eigenvalue weighted by Gasteiger charge is 2.37. The fourth-order valence-electron chi connectivity index (χ4n) is 6.37. The van der Waals surface area contributed by atoms with Gasteiger partial charge in [-0.3, -0.25) is 4.90 Å². The van der Waals surface area contributed by atoms with E-state index >= 15 is 0 Å². The van der Waals surface area contributed by atoms with Crippen molar-refractivity contribution in [1.29, 1.82) is 0 Å². The Labute approximate surface area is 259 Å². The molecule has 0 saturated heterocycles. The molecular weight excluding hydrogens is 543 g/mol. The van der Waals surface area contributed by atoms with E-state index in [1.165, 1.54) is 22.3 Å². The van der Waals surface area contributed by atoms with Gasteiger partial charge in [0.05, 0.1) is 22.6 Å². The average Bonchev–Trinajstić information content (AvgIpc) is 3.01. The summed E-state index contributed by atoms with van der Waals surface area (Å²) in [5.41, 5.74) is 11.3. The first-order valence-corrected chi connectivity index (χ1v) is 15.3. The molecule has 43 heavy (non-hydrogen) atoms. The summed E-state index contributed by atoms with van der Waals surface area (Å²) in [6, 6.07) is 38.9. The summed E-state index contributed by atoms with van der Waals surface area (Å²) in [5.74, 6) is 0.898. The van der Waals surface area contributed by atoms with E-state index in [1.54, 1.807) is 0 Å². The van der Waals surface area contributed by atoms with Crippen molar-refractivity contribution in [2.24, 2.45) is 0 Å². The Bertz CT molecular complexity index is 1990. The third kappa shape index (κ3) is 4.61. The molecule has 0 fully saturated rings. The van der Waals surface area contributed by atoms with Crippen LogP contribution in [0.1, 0.15) is 51.3 Å². The zero-order valence-electron chi connectivity index (χ0n) is 25.3. The minimum atomic E-state index is -0.164. The van der Waals surface area contributed by atoms with Crippen molar-refractivity contribution in [3.63, 3.8) is 0 Å². The Morgan fingerprint density at radius 1 is 0.698 bits per heavy atom. The third-order valence-corrected chi connectivity index (χ3v) is 9.16. The molecule has 0 aliphatic carbocycles. The van der Waals surface area contributed by atoms with Gasteiger partial charge in [-0.2, -0.15) is 0 Å². The lowest BCUT2D eigenvalue weighted by Crippen LogP contribution is -2.30. The zero-order valence-corrected chi connectivity index (χ0v) is 26.2. The minimum absolute atomic E-state index is 0.115. The number of anilines is 3. The molecule has 0 atom stereocenters. The Morgan fingerprint density at radius 2 is 1.42 bits per heavy atom. The molecule has 7 rings (SSSR count). The molecule has 0 amide bonds. The van der Waals surface area contributed by atoms with E-state index in [2.05, 4.69) is 137 Å². The predicted octanol–water partition coefficient (Wildman–Crippen LogP) is 10.7. The number of hydrogen-bond donors (Lipinski definition) is 1. The van der Waals surface area contributed by atoms with E-state index in [-0.39, 0.29) is 10.8 Å². The molecule has 2 aromatic heterocycles. The monoisotopic (exact) mass is 577 g/mol. The molecule has 3 heterocycles. The summed E-state index contributed by atoms with van der Waals surface area (Å²) in [6.45, 7) is 11.3. The highest BCUT2D eigenvalue weighted by Crippen LogP contribution is 2.52. The molecule has 0 saturated carbocycles. The van der Waals surface area contributed by atoms with Gasteiger partial charge < -0.3 is 0 Å². The Balaban J connectivity index is 1.36. The average molecular weight is 578 g/mol. The molecule has 1 aliphatic heterocycles. The standard InChI is InChI=1S/C39H35N3S/c1-38(2,3)27-16-13-25(14-17-27)28-19-22-35(43)37-29(28)18-21-32(41-37)26-15-20-31-34(24-26)42(36-12-8-9-23-40-36)33-11-7-6-10-30(33)39(31,4)5/h6-24,43H,1-5H3. The van der Waals surface area contributed by atoms with E-state index in [0.717, 1.165) is 49.8 Å². The summed E-state index contributed by atoms with van der Waals surface area (Å²) in [5, 5.41) is 1.10. The smallest absolute Gasteiger partial charge is 0.137 e. The number of benzene rings is 4. The number of fused-ring (bicyclic) bond motifs is 3. The van der Waals surface area contributed by atoms with Crippen molar-refractivity contribution in [3.8, 4) is 22.4 Å². The Morgan fingerprint density at radius 3 is 2.16 bits per heavy atom. The maximum atomic E-state index is 5.20. The molecule has 0 spiro atoms. The molecule has 1 aliphatic rings. The van der Waals surface area contributed by atoms with Crippen LogP contribution in [0.3, 0.4) is 0 Å². The first-order chi connectivity index (χ1) is 20.6. The lowest BCUT2D eigenvalue weighted by molar-refractivity contribution is 0.590. The van der Waals surface area contributed by atoms with Crippen LogP contribution in [-0.4, -0.2) is 9.97 Å². The lowest BCUT2D eigenvalue weighted by atomic mass is 9.73. The third-order valence-electron chi connectivity index (χ3n) is 8.80. The maximum Gasteiger partial charge on any atom is 0.137 e. The number of aromatic nitrogens is 2. The molecule has 4 aromatic carbocycles. The topological polar surface area (TPSA) is 29.0 Å². The van der Waals surface area contributed by atoms with Gasteiger partial charge in [-0.1, -0.05) is 101 Å². The fourth-order valence-corrected chi connectivity index (χ4v) is 6.62. The number of pyridine rings is 2. The number of hydrogen-bond acceptors (Lipinski definition) is 4. The molecular formula is C39H35N3S. The van der Waals surface area contributed by atoms with E-state index in [9.17, 15) is 0 Å². The molecule has 0 unspecified atom stereocenters. The summed E-state index contributed by atoms with van der Waals surface area (Å²) in [4.78, 5) is 13.1. The highest BCUT2D eigenvalue weighted by molar-refractivity contribution is 7.80. The van der Waals surface area contributed by atoms with Gasteiger partial charge >= 0.3 is 0 Å². The molecule has 0 bridgehead atoms. The van der Waals surface area contributed by atoms with E-state index < -0.39 is 0 Å². The number of nitrogens with zero attached hydrogens (tertiary/aromatic N) is 3. The van der Waals surface area contributed by atoms with Crippen molar-refractivity contribution in [3.05, 3.63) is 132 Å².